The summed E-state index contributed by atoms with van der Waals surface area (Å²) in [6.07, 6.45) is -7.89. The van der Waals surface area contributed by atoms with E-state index in [-0.39, 0.29) is 24.3 Å². The van der Waals surface area contributed by atoms with Gasteiger partial charge in [0.1, 0.15) is 23.9 Å². The predicted octanol–water partition coefficient (Wildman–Crippen LogP) is 2.93. The Bertz CT molecular complexity index is 1180. The van der Waals surface area contributed by atoms with Crippen LogP contribution in [0.4, 0.5) is 0 Å². The maximum atomic E-state index is 14.0. The van der Waals surface area contributed by atoms with E-state index in [1.807, 2.05) is 53.6 Å². The highest BCUT2D eigenvalue weighted by Crippen LogP contribution is 2.43. The second-order valence-corrected chi connectivity index (χ2v) is 17.0. The molecule has 3 fully saturated rings. The van der Waals surface area contributed by atoms with Crippen molar-refractivity contribution >= 4 is 11.7 Å². The Morgan fingerprint density at radius 1 is 0.882 bits per heavy atom. The van der Waals surface area contributed by atoms with Gasteiger partial charge in [-0.2, -0.15) is 0 Å². The van der Waals surface area contributed by atoms with Crippen LogP contribution in [0.25, 0.3) is 0 Å². The van der Waals surface area contributed by atoms with Gasteiger partial charge in [0.25, 0.3) is 0 Å². The Labute approximate surface area is 304 Å². The molecule has 0 bridgehead atoms. The van der Waals surface area contributed by atoms with Crippen LogP contribution in [-0.2, 0) is 33.2 Å². The summed E-state index contributed by atoms with van der Waals surface area (Å²) in [6.45, 7) is 19.4. The number of aliphatic hydroxyl groups is 4. The van der Waals surface area contributed by atoms with Gasteiger partial charge in [0.15, 0.2) is 12.6 Å². The monoisotopic (exact) mass is 732 g/mol. The Morgan fingerprint density at radius 3 is 2.04 bits per heavy atom. The lowest BCUT2D eigenvalue weighted by molar-refractivity contribution is -0.313. The van der Waals surface area contributed by atoms with Crippen LogP contribution in [-0.4, -0.2) is 142 Å². The Balaban J connectivity index is 2.19. The third-order valence-electron chi connectivity index (χ3n) is 12.1. The van der Waals surface area contributed by atoms with Crippen molar-refractivity contribution in [3.63, 3.8) is 0 Å². The number of rotatable bonds is 6. The second-order valence-electron chi connectivity index (χ2n) is 17.0. The molecule has 298 valence electrons. The first kappa shape index (κ1) is 43.9. The number of hydrogen-bond acceptors (Lipinski definition) is 14. The van der Waals surface area contributed by atoms with E-state index < -0.39 is 102 Å². The van der Waals surface area contributed by atoms with E-state index in [9.17, 15) is 30.4 Å². The van der Waals surface area contributed by atoms with E-state index in [0.717, 1.165) is 0 Å². The number of carbonyl (C=O) groups excluding carboxylic acids is 1. The Hall–Kier alpha value is -1.46. The highest BCUT2D eigenvalue weighted by molar-refractivity contribution is 5.88. The number of methoxy groups -OCH3 is 1. The second kappa shape index (κ2) is 16.9. The zero-order valence-corrected chi connectivity index (χ0v) is 33.3. The molecular formula is C37H68N2O12. The summed E-state index contributed by atoms with van der Waals surface area (Å²) in [5, 5.41) is 59.3. The minimum absolute atomic E-state index is 0.157. The summed E-state index contributed by atoms with van der Waals surface area (Å²) in [5.41, 5.74) is -3.42. The molecule has 8 unspecified atom stereocenters. The van der Waals surface area contributed by atoms with E-state index in [1.165, 1.54) is 21.0 Å². The van der Waals surface area contributed by atoms with Crippen molar-refractivity contribution in [1.29, 1.82) is 0 Å². The lowest BCUT2D eigenvalue weighted by atomic mass is 9.69. The van der Waals surface area contributed by atoms with Gasteiger partial charge in [-0.25, -0.2) is 0 Å². The van der Waals surface area contributed by atoms with E-state index in [2.05, 4.69) is 5.16 Å². The number of carbonyl (C=O) groups is 1. The molecule has 5 N–H and O–H groups in total. The SMILES string of the molecule is COC1(C)CC(O[C@H]2[C@H](C)[C@@H](OC3OC(C)CC(N(C)C)C3O)C(C)(C)C[C@@H](C)/C(=N\O)[C@H](C)[C@@H](O)[C@](C)(O)[C@@H](C)OC(=O)[C@@H]2C)OC(C)C1O. The van der Waals surface area contributed by atoms with Crippen molar-refractivity contribution in [3.05, 3.63) is 0 Å². The largest absolute Gasteiger partial charge is 0.459 e. The van der Waals surface area contributed by atoms with E-state index in [4.69, 9.17) is 28.4 Å². The highest BCUT2D eigenvalue weighted by atomic mass is 16.7. The predicted molar refractivity (Wildman–Crippen MR) is 189 cm³/mol. The van der Waals surface area contributed by atoms with Gasteiger partial charge in [-0.05, 0) is 79.8 Å². The van der Waals surface area contributed by atoms with E-state index in [1.54, 1.807) is 27.7 Å². The first-order valence-electron chi connectivity index (χ1n) is 18.5. The van der Waals surface area contributed by atoms with E-state index >= 15 is 0 Å². The van der Waals surface area contributed by atoms with Gasteiger partial charge < -0.3 is 59.0 Å². The molecule has 3 aliphatic heterocycles. The highest BCUT2D eigenvalue weighted by Gasteiger charge is 2.52. The lowest BCUT2D eigenvalue weighted by Gasteiger charge is -2.49. The quantitative estimate of drug-likeness (QED) is 0.153. The number of ether oxygens (including phenoxy) is 6. The van der Waals surface area contributed by atoms with Crippen LogP contribution in [0.3, 0.4) is 0 Å². The van der Waals surface area contributed by atoms with Gasteiger partial charge in [-0.1, -0.05) is 39.8 Å². The fraction of sp³-hybridized carbons (Fsp3) is 0.946. The standard InChI is InChI=1S/C37H68N2O12/c1-18-16-35(8,9)32(51-34-28(40)25(39(12)13)15-19(2)47-34)21(4)29(50-26-17-36(10,46-14)31(42)23(6)48-26)22(5)33(43)49-24(7)37(11,44)30(41)20(3)27(18)38-45/h18-26,28-32,34,40-42,44-45H,15-17H2,1-14H3/b38-27+/t18-,19?,20+,21+,22-,23?,24-,25?,26?,28?,29+,30-,31?,32-,34?,36?,37-/m1/s1. The van der Waals surface area contributed by atoms with Crippen LogP contribution in [0.1, 0.15) is 95.4 Å². The molecule has 14 nitrogen and oxygen atoms in total. The number of nitrogens with zero attached hydrogens (tertiary/aromatic N) is 2. The van der Waals surface area contributed by atoms with Gasteiger partial charge in [0, 0.05) is 31.4 Å². The maximum absolute atomic E-state index is 14.0. The van der Waals surface area contributed by atoms with Crippen LogP contribution < -0.4 is 0 Å². The minimum atomic E-state index is -1.91. The van der Waals surface area contributed by atoms with Gasteiger partial charge in [-0.15, -0.1) is 0 Å². The van der Waals surface area contributed by atoms with Gasteiger partial charge in [0.05, 0.1) is 47.8 Å². The molecule has 0 radical (unpaired) electrons. The molecule has 17 atom stereocenters. The number of aliphatic hydroxyl groups excluding tert-OH is 3. The summed E-state index contributed by atoms with van der Waals surface area (Å²) in [7, 11) is 5.31. The van der Waals surface area contributed by atoms with Crippen LogP contribution >= 0.6 is 0 Å². The molecular weight excluding hydrogens is 664 g/mol. The van der Waals surface area contributed by atoms with Crippen LogP contribution in [0, 0.1) is 29.1 Å². The summed E-state index contributed by atoms with van der Waals surface area (Å²) >= 11 is 0. The number of hydrogen-bond donors (Lipinski definition) is 5. The van der Waals surface area contributed by atoms with Crippen molar-refractivity contribution in [3.8, 4) is 0 Å². The van der Waals surface area contributed by atoms with Crippen molar-refractivity contribution in [2.45, 2.75) is 174 Å². The molecule has 14 heteroatoms. The smallest absolute Gasteiger partial charge is 0.311 e. The number of likely N-dealkylation sites (N-methyl/N-ethyl adjacent to an activating group) is 1. The van der Waals surface area contributed by atoms with Crippen molar-refractivity contribution in [1.82, 2.24) is 4.90 Å². The average Bonchev–Trinajstić information content (AvgIpc) is 3.04. The molecule has 0 aromatic rings. The number of esters is 1. The molecule has 0 spiro atoms. The Kier molecular flexibility index (Phi) is 14.6. The van der Waals surface area contributed by atoms with Crippen molar-refractivity contribution in [2.75, 3.05) is 21.2 Å². The zero-order valence-electron chi connectivity index (χ0n) is 33.3. The summed E-state index contributed by atoms with van der Waals surface area (Å²) < 4.78 is 37.6. The normalized spacial score (nSPS) is 48.6. The molecule has 0 aromatic carbocycles. The van der Waals surface area contributed by atoms with Crippen molar-refractivity contribution < 1.29 is 58.8 Å². The topological polar surface area (TPSA) is 189 Å². The van der Waals surface area contributed by atoms with Crippen molar-refractivity contribution in [2.24, 2.45) is 34.2 Å². The molecule has 0 saturated carbocycles. The van der Waals surface area contributed by atoms with Crippen LogP contribution in [0.15, 0.2) is 5.16 Å². The summed E-state index contributed by atoms with van der Waals surface area (Å²) in [4.78, 5) is 16.0. The lowest BCUT2D eigenvalue weighted by Crippen LogP contribution is -2.59. The first-order chi connectivity index (χ1) is 23.4. The minimum Gasteiger partial charge on any atom is -0.459 e. The number of cyclic esters (lactones) is 1. The molecule has 3 rings (SSSR count). The van der Waals surface area contributed by atoms with Gasteiger partial charge >= 0.3 is 5.97 Å². The molecule has 0 aliphatic carbocycles. The molecule has 0 amide bonds. The fourth-order valence-corrected chi connectivity index (χ4v) is 8.55. The van der Waals surface area contributed by atoms with E-state index in [0.29, 0.717) is 12.8 Å². The zero-order chi connectivity index (χ0) is 39.0. The van der Waals surface area contributed by atoms with Gasteiger partial charge in [0.2, 0.25) is 0 Å². The van der Waals surface area contributed by atoms with Crippen LogP contribution in [0.5, 0.6) is 0 Å². The summed E-state index contributed by atoms with van der Waals surface area (Å²) in [6, 6.07) is -0.240. The molecule has 0 aromatic heterocycles. The average molecular weight is 733 g/mol. The third kappa shape index (κ3) is 9.44. The molecule has 3 saturated heterocycles. The van der Waals surface area contributed by atoms with Gasteiger partial charge in [-0.3, -0.25) is 4.79 Å². The Morgan fingerprint density at radius 2 is 1.49 bits per heavy atom. The molecule has 51 heavy (non-hydrogen) atoms. The molecule has 3 aliphatic rings. The van der Waals surface area contributed by atoms with Crippen LogP contribution in [0.2, 0.25) is 0 Å². The maximum Gasteiger partial charge on any atom is 0.311 e. The first-order valence-corrected chi connectivity index (χ1v) is 18.5. The number of oxime groups is 1. The summed E-state index contributed by atoms with van der Waals surface area (Å²) in [5.74, 6) is -3.46. The fourth-order valence-electron chi connectivity index (χ4n) is 8.55. The molecule has 3 heterocycles. The third-order valence-corrected chi connectivity index (χ3v) is 12.1.